The van der Waals surface area contributed by atoms with Crippen molar-refractivity contribution in [2.24, 2.45) is 5.92 Å². The summed E-state index contributed by atoms with van der Waals surface area (Å²) in [5.74, 6) is -1.57. The summed E-state index contributed by atoms with van der Waals surface area (Å²) in [6.45, 7) is 6.43. The molecule has 3 aromatic carbocycles. The highest BCUT2D eigenvalue weighted by Crippen LogP contribution is 2.32. The number of unbranched alkanes of at least 4 members (excludes halogenated alkanes) is 1. The molecule has 0 aromatic heterocycles. The zero-order valence-corrected chi connectivity index (χ0v) is 26.6. The molecule has 2 fully saturated rings. The summed E-state index contributed by atoms with van der Waals surface area (Å²) in [4.78, 5) is 60.8. The predicted octanol–water partition coefficient (Wildman–Crippen LogP) is 5.11. The van der Waals surface area contributed by atoms with Crippen LogP contribution in [-0.4, -0.2) is 74.8 Å². The third-order valence-corrected chi connectivity index (χ3v) is 7.58. The number of rotatable bonds is 13. The molecule has 0 radical (unpaired) electrons. The summed E-state index contributed by atoms with van der Waals surface area (Å²) in [5, 5.41) is 0. The fourth-order valence-corrected chi connectivity index (χ4v) is 4.99. The van der Waals surface area contributed by atoms with Crippen LogP contribution in [0.1, 0.15) is 50.8 Å². The van der Waals surface area contributed by atoms with E-state index in [1.54, 1.807) is 0 Å². The Kier molecular flexibility index (Phi) is 11.7. The van der Waals surface area contributed by atoms with Crippen LogP contribution >= 0.6 is 0 Å². The van der Waals surface area contributed by atoms with Gasteiger partial charge in [0.05, 0.1) is 49.2 Å². The van der Waals surface area contributed by atoms with Gasteiger partial charge in [0, 0.05) is 12.0 Å². The number of ether oxygens (including phenoxy) is 8. The van der Waals surface area contributed by atoms with Crippen molar-refractivity contribution >= 4 is 30.0 Å². The van der Waals surface area contributed by atoms with Crippen LogP contribution < -0.4 is 14.2 Å². The van der Waals surface area contributed by atoms with Crippen LogP contribution in [0.15, 0.2) is 85.5 Å². The molecule has 0 bridgehead atoms. The molecule has 5 rings (SSSR count). The molecule has 2 aliphatic heterocycles. The zero-order valence-electron chi connectivity index (χ0n) is 26.6. The van der Waals surface area contributed by atoms with Gasteiger partial charge in [0.2, 0.25) is 0 Å². The van der Waals surface area contributed by atoms with Crippen LogP contribution in [0, 0.1) is 5.92 Å². The number of esters is 4. The fourth-order valence-electron chi connectivity index (χ4n) is 4.99. The molecule has 13 nitrogen and oxygen atoms in total. The Morgan fingerprint density at radius 3 is 1.65 bits per heavy atom. The van der Waals surface area contributed by atoms with E-state index in [1.165, 1.54) is 72.8 Å². The average molecular weight is 675 g/mol. The third kappa shape index (κ3) is 9.52. The summed E-state index contributed by atoms with van der Waals surface area (Å²) in [6, 6.07) is 17.4. The molecule has 0 N–H and O–H groups in total. The van der Waals surface area contributed by atoms with Gasteiger partial charge in [-0.05, 0) is 85.6 Å². The SMILES string of the molecule is C=CC(=O)OCCCCOC(=O)Oc1ccc(C(=O)Oc2ccc(C(=O)Oc3ccc(C(=O)OC4COC5C4OC[C@@H]5C)cc3)cc2)cc1. The Morgan fingerprint density at radius 2 is 1.12 bits per heavy atom. The maximum absolute atomic E-state index is 12.7. The molecule has 49 heavy (non-hydrogen) atoms. The highest BCUT2D eigenvalue weighted by Gasteiger charge is 2.47. The Hall–Kier alpha value is -5.53. The zero-order chi connectivity index (χ0) is 34.8. The lowest BCUT2D eigenvalue weighted by Gasteiger charge is -2.16. The van der Waals surface area contributed by atoms with Crippen LogP contribution in [0.5, 0.6) is 17.2 Å². The molecule has 3 aromatic rings. The van der Waals surface area contributed by atoms with Gasteiger partial charge in [-0.25, -0.2) is 24.0 Å². The monoisotopic (exact) mass is 674 g/mol. The molecule has 0 saturated carbocycles. The van der Waals surface area contributed by atoms with E-state index in [0.717, 1.165) is 6.08 Å². The standard InChI is InChI=1S/C36H34O13/c1-3-30(37)42-18-4-5-19-43-36(41)48-28-16-10-24(11-17-28)34(39)46-26-12-6-23(7-13-26)33(38)47-27-14-8-25(9-15-27)35(40)49-29-21-45-31-22(2)20-44-32(29)31/h3,6-17,22,29,31-32H,1,4-5,18-21H2,2H3/t22-,29?,31?,32?/m0/s1. The number of carbonyl (C=O) groups is 5. The van der Waals surface area contributed by atoms with Gasteiger partial charge < -0.3 is 37.9 Å². The minimum atomic E-state index is -0.920. The largest absolute Gasteiger partial charge is 0.513 e. The average Bonchev–Trinajstić information content (AvgIpc) is 3.69. The minimum Gasteiger partial charge on any atom is -0.463 e. The number of fused-ring (bicyclic) bond motifs is 1. The molecule has 2 saturated heterocycles. The molecule has 256 valence electrons. The second-order valence-electron chi connectivity index (χ2n) is 11.1. The molecular weight excluding hydrogens is 640 g/mol. The highest BCUT2D eigenvalue weighted by atomic mass is 16.7. The lowest BCUT2D eigenvalue weighted by atomic mass is 10.0. The van der Waals surface area contributed by atoms with E-state index in [0.29, 0.717) is 25.0 Å². The van der Waals surface area contributed by atoms with E-state index in [4.69, 9.17) is 37.9 Å². The van der Waals surface area contributed by atoms with Gasteiger partial charge in [-0.2, -0.15) is 0 Å². The van der Waals surface area contributed by atoms with Gasteiger partial charge in [0.25, 0.3) is 0 Å². The smallest absolute Gasteiger partial charge is 0.463 e. The first kappa shape index (κ1) is 34.8. The molecule has 2 heterocycles. The first-order valence-corrected chi connectivity index (χ1v) is 15.5. The van der Waals surface area contributed by atoms with Crippen LogP contribution in [-0.2, 0) is 28.5 Å². The maximum atomic E-state index is 12.7. The van der Waals surface area contributed by atoms with Crippen molar-refractivity contribution in [3.63, 3.8) is 0 Å². The van der Waals surface area contributed by atoms with E-state index in [1.807, 2.05) is 6.92 Å². The normalized spacial score (nSPS) is 19.2. The summed E-state index contributed by atoms with van der Waals surface area (Å²) < 4.78 is 42.7. The molecule has 3 unspecified atom stereocenters. The van der Waals surface area contributed by atoms with Crippen LogP contribution in [0.2, 0.25) is 0 Å². The van der Waals surface area contributed by atoms with Crippen molar-refractivity contribution < 1.29 is 61.9 Å². The fraction of sp³-hybridized carbons (Fsp3) is 0.306. The minimum absolute atomic E-state index is 0.0739. The lowest BCUT2D eigenvalue weighted by molar-refractivity contribution is -0.137. The Bertz CT molecular complexity index is 1650. The van der Waals surface area contributed by atoms with Crippen molar-refractivity contribution in [3.05, 3.63) is 102 Å². The Morgan fingerprint density at radius 1 is 0.653 bits per heavy atom. The van der Waals surface area contributed by atoms with Gasteiger partial charge in [-0.15, -0.1) is 0 Å². The van der Waals surface area contributed by atoms with Gasteiger partial charge in [-0.3, -0.25) is 0 Å². The van der Waals surface area contributed by atoms with Crippen molar-refractivity contribution in [3.8, 4) is 17.2 Å². The summed E-state index contributed by atoms with van der Waals surface area (Å²) >= 11 is 0. The van der Waals surface area contributed by atoms with E-state index in [-0.39, 0.29) is 66.3 Å². The molecule has 0 aliphatic carbocycles. The van der Waals surface area contributed by atoms with Crippen molar-refractivity contribution in [1.29, 1.82) is 0 Å². The number of hydrogen-bond acceptors (Lipinski definition) is 13. The molecule has 0 amide bonds. The van der Waals surface area contributed by atoms with E-state index in [9.17, 15) is 24.0 Å². The first-order valence-electron chi connectivity index (χ1n) is 15.5. The third-order valence-electron chi connectivity index (χ3n) is 7.58. The Balaban J connectivity index is 1.03. The quantitative estimate of drug-likeness (QED) is 0.0589. The van der Waals surface area contributed by atoms with Gasteiger partial charge in [-0.1, -0.05) is 13.5 Å². The van der Waals surface area contributed by atoms with Crippen molar-refractivity contribution in [2.75, 3.05) is 26.4 Å². The second kappa shape index (κ2) is 16.5. The van der Waals surface area contributed by atoms with E-state index >= 15 is 0 Å². The van der Waals surface area contributed by atoms with Crippen LogP contribution in [0.3, 0.4) is 0 Å². The number of carbonyl (C=O) groups excluding carboxylic acids is 5. The van der Waals surface area contributed by atoms with Crippen LogP contribution in [0.4, 0.5) is 4.79 Å². The number of benzene rings is 3. The summed E-state index contributed by atoms with van der Waals surface area (Å²) in [7, 11) is 0. The van der Waals surface area contributed by atoms with E-state index < -0.39 is 36.1 Å². The topological polar surface area (TPSA) is 159 Å². The molecular formula is C36H34O13. The van der Waals surface area contributed by atoms with E-state index in [2.05, 4.69) is 6.58 Å². The Labute approximate surface area is 281 Å². The summed E-state index contributed by atoms with van der Waals surface area (Å²) in [6.07, 6.45) is 0.285. The highest BCUT2D eigenvalue weighted by molar-refractivity contribution is 5.93. The molecule has 13 heteroatoms. The van der Waals surface area contributed by atoms with Crippen molar-refractivity contribution in [1.82, 2.24) is 0 Å². The van der Waals surface area contributed by atoms with Crippen molar-refractivity contribution in [2.45, 2.75) is 38.1 Å². The molecule has 2 aliphatic rings. The molecule has 0 spiro atoms. The second-order valence-corrected chi connectivity index (χ2v) is 11.1. The van der Waals surface area contributed by atoms with Gasteiger partial charge in [0.1, 0.15) is 23.4 Å². The first-order chi connectivity index (χ1) is 23.7. The lowest BCUT2D eigenvalue weighted by Crippen LogP contribution is -2.32. The number of hydrogen-bond donors (Lipinski definition) is 0. The summed E-state index contributed by atoms with van der Waals surface area (Å²) in [5.41, 5.74) is 0.682. The van der Waals surface area contributed by atoms with Crippen LogP contribution in [0.25, 0.3) is 0 Å². The van der Waals surface area contributed by atoms with Gasteiger partial charge in [0.15, 0.2) is 6.10 Å². The maximum Gasteiger partial charge on any atom is 0.513 e. The van der Waals surface area contributed by atoms with Gasteiger partial charge >= 0.3 is 30.0 Å². The predicted molar refractivity (Wildman–Crippen MR) is 169 cm³/mol. The molecule has 4 atom stereocenters.